The summed E-state index contributed by atoms with van der Waals surface area (Å²) >= 11 is 0. The quantitative estimate of drug-likeness (QED) is 0.561. The first kappa shape index (κ1) is 8.72. The summed E-state index contributed by atoms with van der Waals surface area (Å²) in [5, 5.41) is 3.43. The van der Waals surface area contributed by atoms with Gasteiger partial charge in [-0.05, 0) is 45.0 Å². The Morgan fingerprint density at radius 3 is 3.09 bits per heavy atom. The van der Waals surface area contributed by atoms with Crippen molar-refractivity contribution in [3.8, 4) is 0 Å². The first-order valence-electron chi connectivity index (χ1n) is 4.53. The second-order valence-electron chi connectivity index (χ2n) is 3.40. The third-order valence-electron chi connectivity index (χ3n) is 2.32. The molecule has 1 rings (SSSR count). The summed E-state index contributed by atoms with van der Waals surface area (Å²) in [6, 6.07) is 0.487. The van der Waals surface area contributed by atoms with E-state index in [1.807, 2.05) is 0 Å². The largest absolute Gasteiger partial charge is 0.316 e. The molecular weight excluding hydrogens is 136 g/mol. The lowest BCUT2D eigenvalue weighted by Crippen LogP contribution is -2.26. The van der Waals surface area contributed by atoms with Crippen molar-refractivity contribution in [2.75, 3.05) is 13.1 Å². The fourth-order valence-corrected chi connectivity index (χ4v) is 1.21. The molecule has 11 heavy (non-hydrogen) atoms. The van der Waals surface area contributed by atoms with Crippen molar-refractivity contribution in [3.05, 3.63) is 0 Å². The van der Waals surface area contributed by atoms with Gasteiger partial charge in [-0.15, -0.1) is 0 Å². The molecule has 1 aliphatic rings. The topological polar surface area (TPSA) is 24.4 Å². The summed E-state index contributed by atoms with van der Waals surface area (Å²) in [5.41, 5.74) is 0. The number of hydrogen-bond acceptors (Lipinski definition) is 2. The van der Waals surface area contributed by atoms with Crippen LogP contribution in [0.5, 0.6) is 0 Å². The van der Waals surface area contributed by atoms with Crippen molar-refractivity contribution in [2.24, 2.45) is 10.9 Å². The van der Waals surface area contributed by atoms with Gasteiger partial charge in [0, 0.05) is 0 Å². The molecule has 2 nitrogen and oxygen atoms in total. The first-order valence-corrected chi connectivity index (χ1v) is 4.53. The number of rotatable bonds is 0. The van der Waals surface area contributed by atoms with E-state index in [0.717, 1.165) is 19.5 Å². The van der Waals surface area contributed by atoms with Crippen molar-refractivity contribution < 1.29 is 0 Å². The average Bonchev–Trinajstić information content (AvgIpc) is 2.07. The van der Waals surface area contributed by atoms with Crippen molar-refractivity contribution in [1.82, 2.24) is 5.32 Å². The Morgan fingerprint density at radius 2 is 2.27 bits per heavy atom. The molecule has 0 spiro atoms. The Labute approximate surface area is 69.1 Å². The van der Waals surface area contributed by atoms with Crippen molar-refractivity contribution in [1.29, 1.82) is 0 Å². The highest BCUT2D eigenvalue weighted by Crippen LogP contribution is 2.06. The number of aliphatic imine (C=N–C) groups is 1. The van der Waals surface area contributed by atoms with Crippen LogP contribution in [0.4, 0.5) is 0 Å². The molecule has 1 N–H and O–H groups in total. The Bertz CT molecular complexity index is 132. The zero-order chi connectivity index (χ0) is 8.10. The Balaban J connectivity index is 2.42. The molecule has 0 radical (unpaired) electrons. The monoisotopic (exact) mass is 154 g/mol. The molecule has 0 bridgehead atoms. The lowest BCUT2D eigenvalue weighted by Gasteiger charge is -2.14. The van der Waals surface area contributed by atoms with E-state index in [0.29, 0.717) is 12.0 Å². The van der Waals surface area contributed by atoms with Gasteiger partial charge in [-0.25, -0.2) is 0 Å². The van der Waals surface area contributed by atoms with Crippen LogP contribution in [0.25, 0.3) is 0 Å². The number of nitrogens with zero attached hydrogens (tertiary/aromatic N) is 1. The summed E-state index contributed by atoms with van der Waals surface area (Å²) in [6.45, 7) is 6.69. The van der Waals surface area contributed by atoms with Crippen LogP contribution >= 0.6 is 0 Å². The third-order valence-corrected chi connectivity index (χ3v) is 2.32. The van der Waals surface area contributed by atoms with Crippen LogP contribution in [0.3, 0.4) is 0 Å². The van der Waals surface area contributed by atoms with Gasteiger partial charge in [-0.1, -0.05) is 6.92 Å². The van der Waals surface area contributed by atoms with Crippen LogP contribution in [0, 0.1) is 5.92 Å². The van der Waals surface area contributed by atoms with E-state index in [1.54, 1.807) is 0 Å². The Hall–Kier alpha value is -0.370. The van der Waals surface area contributed by atoms with Gasteiger partial charge in [0.2, 0.25) is 0 Å². The van der Waals surface area contributed by atoms with E-state index >= 15 is 0 Å². The third kappa shape index (κ3) is 3.02. The smallest absolute Gasteiger partial charge is 0.0505 e. The van der Waals surface area contributed by atoms with Crippen molar-refractivity contribution in [2.45, 2.75) is 32.7 Å². The van der Waals surface area contributed by atoms with E-state index in [9.17, 15) is 0 Å². The standard InChI is InChI=1S/C9H18N2/c1-8-7-10-5-3-4-6-11-9(8)2/h6,8-10H,3-5,7H2,1-2H3. The maximum absolute atomic E-state index is 4.46. The highest BCUT2D eigenvalue weighted by molar-refractivity contribution is 5.57. The van der Waals surface area contributed by atoms with Crippen LogP contribution < -0.4 is 5.32 Å². The van der Waals surface area contributed by atoms with Gasteiger partial charge >= 0.3 is 0 Å². The summed E-state index contributed by atoms with van der Waals surface area (Å²) in [5.74, 6) is 0.671. The molecule has 1 aliphatic heterocycles. The predicted octanol–water partition coefficient (Wildman–Crippen LogP) is 1.47. The van der Waals surface area contributed by atoms with Crippen LogP contribution in [-0.2, 0) is 0 Å². The van der Waals surface area contributed by atoms with Crippen LogP contribution in [0.15, 0.2) is 4.99 Å². The first-order chi connectivity index (χ1) is 5.30. The fraction of sp³-hybridized carbons (Fsp3) is 0.889. The lowest BCUT2D eigenvalue weighted by atomic mass is 10.1. The average molecular weight is 154 g/mol. The SMILES string of the molecule is CC1CNCCCC=NC1C. The van der Waals surface area contributed by atoms with Crippen LogP contribution in [0.2, 0.25) is 0 Å². The molecule has 0 saturated heterocycles. The van der Waals surface area contributed by atoms with Crippen LogP contribution in [-0.4, -0.2) is 25.3 Å². The zero-order valence-electron chi connectivity index (χ0n) is 7.51. The molecule has 0 aromatic rings. The highest BCUT2D eigenvalue weighted by atomic mass is 14.9. The van der Waals surface area contributed by atoms with Gasteiger partial charge in [0.15, 0.2) is 0 Å². The molecule has 0 aromatic heterocycles. The van der Waals surface area contributed by atoms with Gasteiger partial charge in [-0.2, -0.15) is 0 Å². The minimum atomic E-state index is 0.487. The molecular formula is C9H18N2. The number of hydrogen-bond donors (Lipinski definition) is 1. The molecule has 2 atom stereocenters. The van der Waals surface area contributed by atoms with E-state index < -0.39 is 0 Å². The second kappa shape index (κ2) is 4.50. The van der Waals surface area contributed by atoms with Crippen molar-refractivity contribution >= 4 is 6.21 Å². The van der Waals surface area contributed by atoms with E-state index in [2.05, 4.69) is 30.4 Å². The zero-order valence-corrected chi connectivity index (χ0v) is 7.51. The fourth-order valence-electron chi connectivity index (χ4n) is 1.21. The Kier molecular flexibility index (Phi) is 3.57. The van der Waals surface area contributed by atoms with Gasteiger partial charge in [-0.3, -0.25) is 4.99 Å². The summed E-state index contributed by atoms with van der Waals surface area (Å²) in [7, 11) is 0. The molecule has 0 saturated carbocycles. The molecule has 64 valence electrons. The maximum atomic E-state index is 4.46. The van der Waals surface area contributed by atoms with Gasteiger partial charge < -0.3 is 5.32 Å². The molecule has 0 fully saturated rings. The Morgan fingerprint density at radius 1 is 1.45 bits per heavy atom. The van der Waals surface area contributed by atoms with E-state index in [4.69, 9.17) is 0 Å². The predicted molar refractivity (Wildman–Crippen MR) is 49.2 cm³/mol. The molecule has 0 aromatic carbocycles. The molecule has 2 heteroatoms. The van der Waals surface area contributed by atoms with Gasteiger partial charge in [0.25, 0.3) is 0 Å². The summed E-state index contributed by atoms with van der Waals surface area (Å²) in [4.78, 5) is 4.46. The van der Waals surface area contributed by atoms with E-state index in [-0.39, 0.29) is 0 Å². The van der Waals surface area contributed by atoms with Gasteiger partial charge in [0.1, 0.15) is 0 Å². The minimum absolute atomic E-state index is 0.487. The van der Waals surface area contributed by atoms with Crippen LogP contribution in [0.1, 0.15) is 26.7 Å². The maximum Gasteiger partial charge on any atom is 0.0505 e. The van der Waals surface area contributed by atoms with E-state index in [1.165, 1.54) is 6.42 Å². The second-order valence-corrected chi connectivity index (χ2v) is 3.40. The molecule has 0 amide bonds. The lowest BCUT2D eigenvalue weighted by molar-refractivity contribution is 0.452. The summed E-state index contributed by atoms with van der Waals surface area (Å²) in [6.07, 6.45) is 4.43. The number of nitrogens with one attached hydrogen (secondary N) is 1. The minimum Gasteiger partial charge on any atom is -0.316 e. The summed E-state index contributed by atoms with van der Waals surface area (Å²) < 4.78 is 0. The normalized spacial score (nSPS) is 34.0. The van der Waals surface area contributed by atoms with Crippen molar-refractivity contribution in [3.63, 3.8) is 0 Å². The highest BCUT2D eigenvalue weighted by Gasteiger charge is 2.09. The molecule has 2 unspecified atom stereocenters. The molecule has 1 heterocycles. The van der Waals surface area contributed by atoms with Gasteiger partial charge in [0.05, 0.1) is 6.04 Å². The molecule has 0 aliphatic carbocycles.